The number of ether oxygens (including phenoxy) is 3. The zero-order valence-corrected chi connectivity index (χ0v) is 17.4. The van der Waals surface area contributed by atoms with E-state index < -0.39 is 17.7 Å². The average molecular weight is 430 g/mol. The Morgan fingerprint density at radius 2 is 1.87 bits per heavy atom. The molecule has 2 aromatic carbocycles. The van der Waals surface area contributed by atoms with E-state index in [1.165, 1.54) is 50.2 Å². The fourth-order valence-corrected chi connectivity index (χ4v) is 3.79. The predicted molar refractivity (Wildman–Crippen MR) is 111 cm³/mol. The first kappa shape index (κ1) is 21.3. The number of amides is 1. The van der Waals surface area contributed by atoms with E-state index in [1.807, 2.05) is 0 Å². The molecule has 0 bridgehead atoms. The molecular weight excluding hydrogens is 411 g/mol. The number of nitrogens with zero attached hydrogens (tertiary/aromatic N) is 2. The maximum absolute atomic E-state index is 13.6. The van der Waals surface area contributed by atoms with Crippen molar-refractivity contribution in [2.45, 2.75) is 6.54 Å². The highest BCUT2D eigenvalue weighted by Gasteiger charge is 2.12. The molecule has 0 radical (unpaired) electrons. The highest BCUT2D eigenvalue weighted by molar-refractivity contribution is 7.16. The maximum Gasteiger partial charge on any atom is 0.325 e. The molecule has 0 unspecified atom stereocenters. The van der Waals surface area contributed by atoms with Crippen molar-refractivity contribution in [3.63, 3.8) is 0 Å². The molecule has 30 heavy (non-hydrogen) atoms. The van der Waals surface area contributed by atoms with Crippen molar-refractivity contribution in [3.8, 4) is 11.5 Å². The second-order valence-electron chi connectivity index (χ2n) is 6.06. The monoisotopic (exact) mass is 430 g/mol. The Kier molecular flexibility index (Phi) is 6.63. The van der Waals surface area contributed by atoms with E-state index in [0.29, 0.717) is 21.7 Å². The van der Waals surface area contributed by atoms with E-state index in [1.54, 1.807) is 24.3 Å². The van der Waals surface area contributed by atoms with Gasteiger partial charge in [-0.05, 0) is 42.0 Å². The predicted octanol–water partition coefficient (Wildman–Crippen LogP) is 3.17. The number of hydrogen-bond acceptors (Lipinski definition) is 6. The van der Waals surface area contributed by atoms with Crippen LogP contribution in [0, 0.1) is 5.82 Å². The molecule has 0 aliphatic heterocycles. The first-order chi connectivity index (χ1) is 14.4. The van der Waals surface area contributed by atoms with Crippen LogP contribution in [0.15, 0.2) is 47.5 Å². The van der Waals surface area contributed by atoms with Gasteiger partial charge in [-0.1, -0.05) is 17.4 Å². The summed E-state index contributed by atoms with van der Waals surface area (Å²) in [5.41, 5.74) is 1.30. The number of hydrogen-bond donors (Lipinski definition) is 0. The van der Waals surface area contributed by atoms with Crippen LogP contribution in [0.3, 0.4) is 0 Å². The summed E-state index contributed by atoms with van der Waals surface area (Å²) >= 11 is 1.11. The summed E-state index contributed by atoms with van der Waals surface area (Å²) in [4.78, 5) is 28.5. The number of methoxy groups -OCH3 is 3. The van der Waals surface area contributed by atoms with Gasteiger partial charge in [0.25, 0.3) is 5.91 Å². The zero-order valence-electron chi connectivity index (χ0n) is 16.5. The summed E-state index contributed by atoms with van der Waals surface area (Å²) in [6.45, 7) is -0.145. The molecule has 156 valence electrons. The van der Waals surface area contributed by atoms with Crippen molar-refractivity contribution < 1.29 is 28.2 Å². The van der Waals surface area contributed by atoms with E-state index in [0.717, 1.165) is 16.9 Å². The summed E-state index contributed by atoms with van der Waals surface area (Å²) in [5.74, 6) is -0.345. The molecule has 1 aromatic heterocycles. The smallest absolute Gasteiger partial charge is 0.325 e. The van der Waals surface area contributed by atoms with Crippen molar-refractivity contribution in [1.29, 1.82) is 0 Å². The van der Waals surface area contributed by atoms with Crippen LogP contribution in [-0.4, -0.2) is 37.8 Å². The second kappa shape index (κ2) is 9.36. The molecule has 0 spiro atoms. The van der Waals surface area contributed by atoms with Gasteiger partial charge in [0.05, 0.1) is 31.5 Å². The highest BCUT2D eigenvalue weighted by atomic mass is 32.1. The van der Waals surface area contributed by atoms with Gasteiger partial charge in [-0.3, -0.25) is 9.59 Å². The minimum atomic E-state index is -0.532. The summed E-state index contributed by atoms with van der Waals surface area (Å²) in [6.07, 6.45) is 2.89. The Bertz CT molecular complexity index is 1200. The standard InChI is InChI=1S/C21H19FN2O5S/c1-27-16-8-4-13(10-17(16)28-2)5-9-19(25)23-21-24(12-20(26)29-3)15-7-6-14(22)11-18(15)30-21/h4-11H,12H2,1-3H3/b9-5-,23-21?. The van der Waals surface area contributed by atoms with Gasteiger partial charge in [-0.25, -0.2) is 4.39 Å². The number of benzene rings is 2. The molecule has 1 heterocycles. The van der Waals surface area contributed by atoms with E-state index in [-0.39, 0.29) is 11.3 Å². The molecule has 0 aliphatic carbocycles. The van der Waals surface area contributed by atoms with Crippen LogP contribution >= 0.6 is 11.3 Å². The molecule has 0 atom stereocenters. The van der Waals surface area contributed by atoms with Crippen LogP contribution < -0.4 is 14.3 Å². The van der Waals surface area contributed by atoms with Gasteiger partial charge in [0.2, 0.25) is 0 Å². The molecule has 9 heteroatoms. The van der Waals surface area contributed by atoms with Crippen LogP contribution in [0.2, 0.25) is 0 Å². The van der Waals surface area contributed by atoms with Gasteiger partial charge < -0.3 is 18.8 Å². The molecule has 0 N–H and O–H groups in total. The third-order valence-corrected chi connectivity index (χ3v) is 5.23. The lowest BCUT2D eigenvalue weighted by atomic mass is 10.2. The summed E-state index contributed by atoms with van der Waals surface area (Å²) in [7, 11) is 4.33. The number of esters is 1. The molecule has 3 rings (SSSR count). The van der Waals surface area contributed by atoms with Crippen molar-refractivity contribution in [2.24, 2.45) is 4.99 Å². The Morgan fingerprint density at radius 1 is 1.10 bits per heavy atom. The molecule has 0 aliphatic rings. The largest absolute Gasteiger partial charge is 0.493 e. The third kappa shape index (κ3) is 4.74. The number of carbonyl (C=O) groups excluding carboxylic acids is 2. The minimum absolute atomic E-state index is 0.145. The van der Waals surface area contributed by atoms with E-state index in [2.05, 4.69) is 4.99 Å². The first-order valence-electron chi connectivity index (χ1n) is 8.79. The van der Waals surface area contributed by atoms with Crippen LogP contribution in [0.25, 0.3) is 16.3 Å². The van der Waals surface area contributed by atoms with Crippen molar-refractivity contribution >= 4 is 39.5 Å². The van der Waals surface area contributed by atoms with E-state index >= 15 is 0 Å². The van der Waals surface area contributed by atoms with E-state index in [9.17, 15) is 14.0 Å². The van der Waals surface area contributed by atoms with Gasteiger partial charge in [0.1, 0.15) is 12.4 Å². The number of thiazole rings is 1. The molecule has 0 fully saturated rings. The van der Waals surface area contributed by atoms with Gasteiger partial charge in [-0.15, -0.1) is 0 Å². The highest BCUT2D eigenvalue weighted by Crippen LogP contribution is 2.28. The van der Waals surface area contributed by atoms with Crippen LogP contribution in [0.5, 0.6) is 11.5 Å². The fourth-order valence-electron chi connectivity index (χ4n) is 2.73. The lowest BCUT2D eigenvalue weighted by Gasteiger charge is -2.07. The third-order valence-electron chi connectivity index (χ3n) is 4.19. The van der Waals surface area contributed by atoms with Gasteiger partial charge >= 0.3 is 5.97 Å². The number of halogens is 1. The van der Waals surface area contributed by atoms with E-state index in [4.69, 9.17) is 14.2 Å². The van der Waals surface area contributed by atoms with Crippen LogP contribution in [-0.2, 0) is 20.9 Å². The lowest BCUT2D eigenvalue weighted by molar-refractivity contribution is -0.141. The Morgan fingerprint density at radius 3 is 2.57 bits per heavy atom. The van der Waals surface area contributed by atoms with Crippen molar-refractivity contribution in [3.05, 3.63) is 58.7 Å². The molecular formula is C21H19FN2O5S. The first-order valence-corrected chi connectivity index (χ1v) is 9.61. The summed E-state index contributed by atoms with van der Waals surface area (Å²) < 4.78 is 30.8. The average Bonchev–Trinajstić information content (AvgIpc) is 3.07. The van der Waals surface area contributed by atoms with Crippen molar-refractivity contribution in [2.75, 3.05) is 21.3 Å². The molecule has 7 nitrogen and oxygen atoms in total. The van der Waals surface area contributed by atoms with Crippen LogP contribution in [0.1, 0.15) is 5.56 Å². The summed E-state index contributed by atoms with van der Waals surface area (Å²) in [5, 5.41) is 0. The van der Waals surface area contributed by atoms with Crippen molar-refractivity contribution in [1.82, 2.24) is 4.57 Å². The second-order valence-corrected chi connectivity index (χ2v) is 7.07. The number of aromatic nitrogens is 1. The zero-order chi connectivity index (χ0) is 21.7. The Hall–Kier alpha value is -3.46. The molecule has 3 aromatic rings. The molecule has 0 saturated heterocycles. The lowest BCUT2D eigenvalue weighted by Crippen LogP contribution is -2.22. The minimum Gasteiger partial charge on any atom is -0.493 e. The molecule has 0 saturated carbocycles. The topological polar surface area (TPSA) is 79.1 Å². The number of fused-ring (bicyclic) bond motifs is 1. The van der Waals surface area contributed by atoms with Gasteiger partial charge in [0, 0.05) is 6.08 Å². The molecule has 1 amide bonds. The summed E-state index contributed by atoms with van der Waals surface area (Å²) in [6, 6.07) is 9.37. The SMILES string of the molecule is COC(=O)Cn1c(=NC(=O)/C=C\c2ccc(OC)c(OC)c2)sc2cc(F)ccc21. The van der Waals surface area contributed by atoms with Gasteiger partial charge in [-0.2, -0.15) is 4.99 Å². The number of rotatable bonds is 6. The quantitative estimate of drug-likeness (QED) is 0.443. The normalized spacial score (nSPS) is 11.8. The number of carbonyl (C=O) groups is 2. The Balaban J connectivity index is 1.95. The van der Waals surface area contributed by atoms with Gasteiger partial charge in [0.15, 0.2) is 16.3 Å². The fraction of sp³-hybridized carbons (Fsp3) is 0.190. The van der Waals surface area contributed by atoms with Crippen LogP contribution in [0.4, 0.5) is 4.39 Å². The Labute approximate surface area is 175 Å². The maximum atomic E-state index is 13.6.